The number of hydrogen-bond acceptors (Lipinski definition) is 6. The van der Waals surface area contributed by atoms with Crippen LogP contribution in [-0.2, 0) is 10.2 Å². The molecule has 1 aromatic rings. The molecule has 118 valence electrons. The zero-order valence-corrected chi connectivity index (χ0v) is 12.9. The molecule has 0 spiro atoms. The Bertz CT molecular complexity index is 581. The second kappa shape index (κ2) is 5.90. The Labute approximate surface area is 124 Å². The molecule has 2 unspecified atom stereocenters. The van der Waals surface area contributed by atoms with Crippen LogP contribution in [0.2, 0.25) is 0 Å². The van der Waals surface area contributed by atoms with Gasteiger partial charge < -0.3 is 9.73 Å². The van der Waals surface area contributed by atoms with E-state index in [1.54, 1.807) is 0 Å². The Hall–Kier alpha value is -1.19. The lowest BCUT2D eigenvalue weighted by molar-refractivity contribution is 0.282. The lowest BCUT2D eigenvalue weighted by atomic mass is 10.0. The summed E-state index contributed by atoms with van der Waals surface area (Å²) in [6.07, 6.45) is 3.92. The van der Waals surface area contributed by atoms with Crippen LogP contribution in [0.4, 0.5) is 6.01 Å². The lowest BCUT2D eigenvalue weighted by Crippen LogP contribution is -2.42. The van der Waals surface area contributed by atoms with Crippen molar-refractivity contribution in [3.8, 4) is 0 Å². The molecule has 2 aliphatic heterocycles. The standard InChI is InChI=1S/C12H21N5O3S/c1-9-4-3-7-17(8-9)21(18,19)16-12-15-14-11(20-12)10-5-2-6-13-10/h9-10,13H,2-8H2,1H3,(H,15,16). The van der Waals surface area contributed by atoms with Gasteiger partial charge in [-0.05, 0) is 38.1 Å². The van der Waals surface area contributed by atoms with Crippen molar-refractivity contribution in [3.63, 3.8) is 0 Å². The van der Waals surface area contributed by atoms with Gasteiger partial charge in [-0.15, -0.1) is 5.10 Å². The van der Waals surface area contributed by atoms with Crippen LogP contribution in [-0.4, -0.2) is 42.6 Å². The molecular formula is C12H21N5O3S. The summed E-state index contributed by atoms with van der Waals surface area (Å²) in [6, 6.07) is -0.0253. The molecule has 8 nitrogen and oxygen atoms in total. The predicted molar refractivity (Wildman–Crippen MR) is 76.8 cm³/mol. The molecule has 0 bridgehead atoms. The van der Waals surface area contributed by atoms with Crippen LogP contribution in [0.25, 0.3) is 0 Å². The lowest BCUT2D eigenvalue weighted by Gasteiger charge is -2.29. The van der Waals surface area contributed by atoms with Crippen molar-refractivity contribution < 1.29 is 12.8 Å². The first-order valence-electron chi connectivity index (χ1n) is 7.39. The van der Waals surface area contributed by atoms with Crippen LogP contribution in [0.1, 0.15) is 44.5 Å². The zero-order chi connectivity index (χ0) is 14.9. The minimum absolute atomic E-state index is 0.0331. The van der Waals surface area contributed by atoms with Crippen LogP contribution in [0.3, 0.4) is 0 Å². The minimum Gasteiger partial charge on any atom is -0.406 e. The van der Waals surface area contributed by atoms with Gasteiger partial charge in [-0.25, -0.2) is 4.72 Å². The van der Waals surface area contributed by atoms with Gasteiger partial charge in [-0.2, -0.15) is 12.7 Å². The van der Waals surface area contributed by atoms with Crippen molar-refractivity contribution in [1.82, 2.24) is 19.8 Å². The Kier molecular flexibility index (Phi) is 4.14. The second-order valence-electron chi connectivity index (χ2n) is 5.81. The average Bonchev–Trinajstić information content (AvgIpc) is 3.08. The van der Waals surface area contributed by atoms with E-state index in [1.807, 2.05) is 0 Å². The molecule has 0 aliphatic carbocycles. The summed E-state index contributed by atoms with van der Waals surface area (Å²) < 4.78 is 33.9. The minimum atomic E-state index is -3.61. The first-order chi connectivity index (χ1) is 10.0. The van der Waals surface area contributed by atoms with Crippen molar-refractivity contribution in [3.05, 3.63) is 5.89 Å². The van der Waals surface area contributed by atoms with Gasteiger partial charge in [-0.3, -0.25) is 0 Å². The number of anilines is 1. The highest BCUT2D eigenvalue weighted by molar-refractivity contribution is 7.90. The summed E-state index contributed by atoms with van der Waals surface area (Å²) in [5.41, 5.74) is 0. The highest BCUT2D eigenvalue weighted by Crippen LogP contribution is 2.24. The summed E-state index contributed by atoms with van der Waals surface area (Å²) in [5.74, 6) is 0.813. The number of rotatable bonds is 4. The Morgan fingerprint density at radius 2 is 2.19 bits per heavy atom. The van der Waals surface area contributed by atoms with E-state index in [1.165, 1.54) is 4.31 Å². The van der Waals surface area contributed by atoms with Crippen LogP contribution in [0.15, 0.2) is 4.42 Å². The predicted octanol–water partition coefficient (Wildman–Crippen LogP) is 0.883. The third-order valence-electron chi connectivity index (χ3n) is 3.97. The van der Waals surface area contributed by atoms with Gasteiger partial charge in [0, 0.05) is 13.1 Å². The normalized spacial score (nSPS) is 27.9. The van der Waals surface area contributed by atoms with Crippen LogP contribution in [0, 0.1) is 5.92 Å². The van der Waals surface area contributed by atoms with E-state index in [0.29, 0.717) is 24.9 Å². The largest absolute Gasteiger partial charge is 0.406 e. The number of aromatic nitrogens is 2. The molecule has 2 saturated heterocycles. The summed E-state index contributed by atoms with van der Waals surface area (Å²) in [4.78, 5) is 0. The zero-order valence-electron chi connectivity index (χ0n) is 12.1. The summed E-state index contributed by atoms with van der Waals surface area (Å²) >= 11 is 0. The summed E-state index contributed by atoms with van der Waals surface area (Å²) in [7, 11) is -3.61. The van der Waals surface area contributed by atoms with Crippen LogP contribution >= 0.6 is 0 Å². The first kappa shape index (κ1) is 14.7. The topological polar surface area (TPSA) is 100 Å². The molecule has 0 amide bonds. The highest BCUT2D eigenvalue weighted by Gasteiger charge is 2.29. The summed E-state index contributed by atoms with van der Waals surface area (Å²) in [6.45, 7) is 4.03. The molecule has 2 atom stereocenters. The number of hydrogen-bond donors (Lipinski definition) is 2. The van der Waals surface area contributed by atoms with Crippen LogP contribution < -0.4 is 10.0 Å². The van der Waals surface area contributed by atoms with Crippen LogP contribution in [0.5, 0.6) is 0 Å². The van der Waals surface area contributed by atoms with E-state index >= 15 is 0 Å². The third kappa shape index (κ3) is 3.35. The molecule has 2 fully saturated rings. The van der Waals surface area contributed by atoms with Gasteiger partial charge in [0.2, 0.25) is 5.89 Å². The fraction of sp³-hybridized carbons (Fsp3) is 0.833. The third-order valence-corrected chi connectivity index (χ3v) is 5.42. The molecule has 0 radical (unpaired) electrons. The fourth-order valence-corrected chi connectivity index (χ4v) is 4.10. The smallest absolute Gasteiger partial charge is 0.330 e. The maximum Gasteiger partial charge on any atom is 0.330 e. The number of nitrogens with one attached hydrogen (secondary N) is 2. The van der Waals surface area contributed by atoms with E-state index < -0.39 is 10.2 Å². The molecule has 0 saturated carbocycles. The fourth-order valence-electron chi connectivity index (χ4n) is 2.85. The van der Waals surface area contributed by atoms with E-state index in [4.69, 9.17) is 4.42 Å². The van der Waals surface area contributed by atoms with Crippen molar-refractivity contribution >= 4 is 16.2 Å². The monoisotopic (exact) mass is 315 g/mol. The van der Waals surface area contributed by atoms with E-state index in [-0.39, 0.29) is 12.1 Å². The highest BCUT2D eigenvalue weighted by atomic mass is 32.2. The molecule has 3 rings (SSSR count). The van der Waals surface area contributed by atoms with E-state index in [9.17, 15) is 8.42 Å². The van der Waals surface area contributed by atoms with Gasteiger partial charge in [0.1, 0.15) is 0 Å². The van der Waals surface area contributed by atoms with Gasteiger partial charge in [0.05, 0.1) is 6.04 Å². The van der Waals surface area contributed by atoms with Crippen molar-refractivity contribution in [2.24, 2.45) is 5.92 Å². The van der Waals surface area contributed by atoms with Gasteiger partial charge >= 0.3 is 16.2 Å². The summed E-state index contributed by atoms with van der Waals surface area (Å²) in [5, 5.41) is 10.9. The molecule has 1 aromatic heterocycles. The number of nitrogens with zero attached hydrogens (tertiary/aromatic N) is 3. The van der Waals surface area contributed by atoms with Gasteiger partial charge in [0.25, 0.3) is 0 Å². The second-order valence-corrected chi connectivity index (χ2v) is 7.48. The van der Waals surface area contributed by atoms with Crippen molar-refractivity contribution in [2.45, 2.75) is 38.6 Å². The molecule has 2 N–H and O–H groups in total. The van der Waals surface area contributed by atoms with E-state index in [2.05, 4.69) is 27.2 Å². The molecule has 21 heavy (non-hydrogen) atoms. The molecule has 0 aromatic carbocycles. The molecule has 9 heteroatoms. The quantitative estimate of drug-likeness (QED) is 0.855. The Balaban J connectivity index is 1.67. The molecular weight excluding hydrogens is 294 g/mol. The molecule has 2 aliphatic rings. The maximum atomic E-state index is 12.3. The van der Waals surface area contributed by atoms with Gasteiger partial charge in [0.15, 0.2) is 0 Å². The van der Waals surface area contributed by atoms with Crippen molar-refractivity contribution in [2.75, 3.05) is 24.4 Å². The molecule has 3 heterocycles. The maximum absolute atomic E-state index is 12.3. The van der Waals surface area contributed by atoms with E-state index in [0.717, 1.165) is 32.2 Å². The Morgan fingerprint density at radius 3 is 2.90 bits per heavy atom. The van der Waals surface area contributed by atoms with Crippen molar-refractivity contribution in [1.29, 1.82) is 0 Å². The number of piperidine rings is 1. The van der Waals surface area contributed by atoms with Gasteiger partial charge in [-0.1, -0.05) is 12.0 Å². The average molecular weight is 315 g/mol. The first-order valence-corrected chi connectivity index (χ1v) is 8.83. The Morgan fingerprint density at radius 1 is 1.33 bits per heavy atom. The SMILES string of the molecule is CC1CCCN(S(=O)(=O)Nc2nnc(C3CCCN3)o2)C1.